The van der Waals surface area contributed by atoms with E-state index in [1.807, 2.05) is 29.2 Å². The van der Waals surface area contributed by atoms with E-state index in [4.69, 9.17) is 5.11 Å². The van der Waals surface area contributed by atoms with Crippen LogP contribution in [-0.4, -0.2) is 54.5 Å². The van der Waals surface area contributed by atoms with Crippen molar-refractivity contribution >= 4 is 29.8 Å². The lowest BCUT2D eigenvalue weighted by molar-refractivity contribution is -0.138. The van der Waals surface area contributed by atoms with Gasteiger partial charge in [0.15, 0.2) is 5.78 Å². The Balaban J connectivity index is 0.00000200. The summed E-state index contributed by atoms with van der Waals surface area (Å²) >= 11 is 0. The van der Waals surface area contributed by atoms with Crippen LogP contribution in [0.15, 0.2) is 24.3 Å². The van der Waals surface area contributed by atoms with Crippen LogP contribution >= 0.6 is 12.4 Å². The molecule has 0 spiro atoms. The minimum atomic E-state index is -0.778. The van der Waals surface area contributed by atoms with Gasteiger partial charge in [-0.05, 0) is 31.2 Å². The zero-order valence-electron chi connectivity index (χ0n) is 11.4. The molecular weight excluding hydrogens is 280 g/mol. The van der Waals surface area contributed by atoms with Crippen molar-refractivity contribution in [3.63, 3.8) is 0 Å². The molecule has 1 N–H and O–H groups in total. The van der Waals surface area contributed by atoms with Gasteiger partial charge in [-0.3, -0.25) is 14.5 Å². The van der Waals surface area contributed by atoms with Gasteiger partial charge >= 0.3 is 5.97 Å². The van der Waals surface area contributed by atoms with Crippen LogP contribution < -0.4 is 4.90 Å². The molecule has 0 radical (unpaired) electrons. The van der Waals surface area contributed by atoms with E-state index in [0.29, 0.717) is 5.56 Å². The van der Waals surface area contributed by atoms with Crippen molar-refractivity contribution in [3.8, 4) is 0 Å². The van der Waals surface area contributed by atoms with E-state index in [2.05, 4.69) is 4.90 Å². The van der Waals surface area contributed by atoms with Crippen LogP contribution in [0.1, 0.15) is 17.3 Å². The average Bonchev–Trinajstić information content (AvgIpc) is 2.39. The highest BCUT2D eigenvalue weighted by Gasteiger charge is 2.18. The SMILES string of the molecule is CC(=O)c1ccc(N2CCN(CC(=O)O)CC2)cc1.Cl. The van der Waals surface area contributed by atoms with Gasteiger partial charge < -0.3 is 10.0 Å². The maximum Gasteiger partial charge on any atom is 0.317 e. The number of ketones is 1. The van der Waals surface area contributed by atoms with Crippen molar-refractivity contribution in [1.29, 1.82) is 0 Å². The third kappa shape index (κ3) is 4.21. The molecule has 0 amide bonds. The van der Waals surface area contributed by atoms with Gasteiger partial charge in [-0.25, -0.2) is 0 Å². The zero-order chi connectivity index (χ0) is 13.8. The lowest BCUT2D eigenvalue weighted by atomic mass is 10.1. The second-order valence-electron chi connectivity index (χ2n) is 4.76. The number of hydrogen-bond donors (Lipinski definition) is 1. The van der Waals surface area contributed by atoms with Crippen molar-refractivity contribution in [3.05, 3.63) is 29.8 Å². The summed E-state index contributed by atoms with van der Waals surface area (Å²) in [5, 5.41) is 8.74. The Bertz CT molecular complexity index is 468. The van der Waals surface area contributed by atoms with Gasteiger partial charge in [0.2, 0.25) is 0 Å². The summed E-state index contributed by atoms with van der Waals surface area (Å²) < 4.78 is 0. The van der Waals surface area contributed by atoms with Crippen molar-refractivity contribution in [2.45, 2.75) is 6.92 Å². The molecule has 1 aromatic rings. The Morgan fingerprint density at radius 3 is 2.10 bits per heavy atom. The molecule has 0 bridgehead atoms. The fourth-order valence-electron chi connectivity index (χ4n) is 2.26. The maximum atomic E-state index is 11.2. The number of carboxylic acid groups (broad SMARTS) is 1. The third-order valence-corrected chi connectivity index (χ3v) is 3.37. The van der Waals surface area contributed by atoms with Crippen molar-refractivity contribution < 1.29 is 14.7 Å². The van der Waals surface area contributed by atoms with Gasteiger partial charge in [0.1, 0.15) is 0 Å². The van der Waals surface area contributed by atoms with Crippen molar-refractivity contribution in [2.24, 2.45) is 0 Å². The summed E-state index contributed by atoms with van der Waals surface area (Å²) in [4.78, 5) is 26.0. The molecule has 5 nitrogen and oxygen atoms in total. The van der Waals surface area contributed by atoms with Gasteiger partial charge in [-0.1, -0.05) is 0 Å². The molecule has 0 aromatic heterocycles. The Morgan fingerprint density at radius 1 is 1.10 bits per heavy atom. The summed E-state index contributed by atoms with van der Waals surface area (Å²) in [6.45, 7) is 4.79. The summed E-state index contributed by atoms with van der Waals surface area (Å²) in [5.41, 5.74) is 1.80. The van der Waals surface area contributed by atoms with Gasteiger partial charge in [-0.15, -0.1) is 12.4 Å². The topological polar surface area (TPSA) is 60.9 Å². The number of rotatable bonds is 4. The van der Waals surface area contributed by atoms with Gasteiger partial charge in [0, 0.05) is 37.4 Å². The molecule has 6 heteroatoms. The first kappa shape index (κ1) is 16.5. The van der Waals surface area contributed by atoms with E-state index in [-0.39, 0.29) is 24.7 Å². The fraction of sp³-hybridized carbons (Fsp3) is 0.429. The number of nitrogens with zero attached hydrogens (tertiary/aromatic N) is 2. The van der Waals surface area contributed by atoms with Gasteiger partial charge in [0.05, 0.1) is 6.54 Å². The predicted molar refractivity (Wildman–Crippen MR) is 80.0 cm³/mol. The van der Waals surface area contributed by atoms with Gasteiger partial charge in [0.25, 0.3) is 0 Å². The molecule has 1 aliphatic rings. The minimum absolute atomic E-state index is 0. The summed E-state index contributed by atoms with van der Waals surface area (Å²) in [7, 11) is 0. The lowest BCUT2D eigenvalue weighted by Crippen LogP contribution is -2.47. The normalized spacial score (nSPS) is 15.6. The Hall–Kier alpha value is -1.59. The number of carboxylic acids is 1. The molecular formula is C14H19ClN2O3. The minimum Gasteiger partial charge on any atom is -0.480 e. The molecule has 1 heterocycles. The van der Waals surface area contributed by atoms with E-state index >= 15 is 0 Å². The second kappa shape index (κ2) is 7.26. The summed E-state index contributed by atoms with van der Waals surface area (Å²) in [6, 6.07) is 7.57. The molecule has 0 unspecified atom stereocenters. The largest absolute Gasteiger partial charge is 0.480 e. The number of benzene rings is 1. The van der Waals surface area contributed by atoms with E-state index in [9.17, 15) is 9.59 Å². The zero-order valence-corrected chi connectivity index (χ0v) is 12.2. The van der Waals surface area contributed by atoms with Crippen LogP contribution in [-0.2, 0) is 4.79 Å². The number of halogens is 1. The number of hydrogen-bond acceptors (Lipinski definition) is 4. The molecule has 20 heavy (non-hydrogen) atoms. The summed E-state index contributed by atoms with van der Waals surface area (Å²) in [6.07, 6.45) is 0. The van der Waals surface area contributed by atoms with Crippen LogP contribution in [0.2, 0.25) is 0 Å². The molecule has 0 atom stereocenters. The van der Waals surface area contributed by atoms with E-state index < -0.39 is 5.97 Å². The predicted octanol–water partition coefficient (Wildman–Crippen LogP) is 1.52. The number of aliphatic carboxylic acids is 1. The number of carbonyl (C=O) groups excluding carboxylic acids is 1. The van der Waals surface area contributed by atoms with Crippen molar-refractivity contribution in [2.75, 3.05) is 37.6 Å². The molecule has 2 rings (SSSR count). The Kier molecular flexibility index (Phi) is 5.98. The second-order valence-corrected chi connectivity index (χ2v) is 4.76. The van der Waals surface area contributed by atoms with Crippen LogP contribution in [0, 0.1) is 0 Å². The lowest BCUT2D eigenvalue weighted by Gasteiger charge is -2.35. The number of piperazine rings is 1. The highest BCUT2D eigenvalue weighted by Crippen LogP contribution is 2.17. The molecule has 0 saturated carbocycles. The molecule has 0 aliphatic carbocycles. The Morgan fingerprint density at radius 2 is 1.65 bits per heavy atom. The number of carbonyl (C=O) groups is 2. The highest BCUT2D eigenvalue weighted by atomic mass is 35.5. The number of anilines is 1. The van der Waals surface area contributed by atoms with E-state index in [1.54, 1.807) is 6.92 Å². The average molecular weight is 299 g/mol. The van der Waals surface area contributed by atoms with Crippen LogP contribution in [0.3, 0.4) is 0 Å². The molecule has 110 valence electrons. The standard InChI is InChI=1S/C14H18N2O3.ClH/c1-11(17)12-2-4-13(5-3-12)16-8-6-15(7-9-16)10-14(18)19;/h2-5H,6-10H2,1H3,(H,18,19);1H. The van der Waals surface area contributed by atoms with Gasteiger partial charge in [-0.2, -0.15) is 0 Å². The number of Topliss-reactive ketones (excluding diaryl/α,β-unsaturated/α-hetero) is 1. The van der Waals surface area contributed by atoms with Crippen LogP contribution in [0.5, 0.6) is 0 Å². The highest BCUT2D eigenvalue weighted by molar-refractivity contribution is 5.94. The quantitative estimate of drug-likeness (QED) is 0.854. The molecule has 1 saturated heterocycles. The van der Waals surface area contributed by atoms with E-state index in [0.717, 1.165) is 31.9 Å². The molecule has 1 aromatic carbocycles. The van der Waals surface area contributed by atoms with Crippen LogP contribution in [0.4, 0.5) is 5.69 Å². The van der Waals surface area contributed by atoms with Crippen LogP contribution in [0.25, 0.3) is 0 Å². The van der Waals surface area contributed by atoms with Crippen molar-refractivity contribution in [1.82, 2.24) is 4.90 Å². The molecule has 1 fully saturated rings. The third-order valence-electron chi connectivity index (χ3n) is 3.37. The smallest absolute Gasteiger partial charge is 0.317 e. The fourth-order valence-corrected chi connectivity index (χ4v) is 2.26. The summed E-state index contributed by atoms with van der Waals surface area (Å²) in [5.74, 6) is -0.711. The first-order chi connectivity index (χ1) is 9.06. The monoisotopic (exact) mass is 298 g/mol. The van der Waals surface area contributed by atoms with E-state index in [1.165, 1.54) is 0 Å². The first-order valence-electron chi connectivity index (χ1n) is 6.36. The first-order valence-corrected chi connectivity index (χ1v) is 6.36. The Labute approximate surface area is 124 Å². The molecule has 1 aliphatic heterocycles. The maximum absolute atomic E-state index is 11.2.